The van der Waals surface area contributed by atoms with Gasteiger partial charge < -0.3 is 21.5 Å². The molecule has 0 unspecified atom stereocenters. The molecule has 0 radical (unpaired) electrons. The number of hydrogen-bond acceptors (Lipinski definition) is 6. The topological polar surface area (TPSA) is 152 Å². The molecular formula is C32H20BBrCl2F4N4O4. The summed E-state index contributed by atoms with van der Waals surface area (Å²) in [6.07, 6.45) is 0. The van der Waals surface area contributed by atoms with Crippen LogP contribution in [0.15, 0.2) is 89.4 Å². The fourth-order valence-electron chi connectivity index (χ4n) is 4.37. The Morgan fingerprint density at radius 3 is 1.56 bits per heavy atom. The van der Waals surface area contributed by atoms with Crippen molar-refractivity contribution >= 4 is 85.3 Å². The number of aromatic nitrogens is 2. The number of fused-ring (bicyclic) bond motifs is 2. The molecule has 2 amide bonds. The van der Waals surface area contributed by atoms with Crippen molar-refractivity contribution in [3.05, 3.63) is 134 Å². The van der Waals surface area contributed by atoms with Crippen molar-refractivity contribution in [2.45, 2.75) is 0 Å². The van der Waals surface area contributed by atoms with Crippen molar-refractivity contribution in [2.24, 2.45) is 11.5 Å². The van der Waals surface area contributed by atoms with Crippen molar-refractivity contribution in [3.63, 3.8) is 0 Å². The van der Waals surface area contributed by atoms with E-state index in [1.165, 1.54) is 6.07 Å². The summed E-state index contributed by atoms with van der Waals surface area (Å²) in [5, 5.41) is 18.3. The van der Waals surface area contributed by atoms with Gasteiger partial charge in [0.05, 0.1) is 22.1 Å². The second-order valence-corrected chi connectivity index (χ2v) is 11.4. The van der Waals surface area contributed by atoms with Crippen molar-refractivity contribution < 1.29 is 37.2 Å². The van der Waals surface area contributed by atoms with Crippen LogP contribution in [0.5, 0.6) is 0 Å². The summed E-state index contributed by atoms with van der Waals surface area (Å²) < 4.78 is 54.7. The summed E-state index contributed by atoms with van der Waals surface area (Å²) in [4.78, 5) is 30.6. The number of nitrogens with zero attached hydrogens (tertiary/aromatic N) is 2. The molecule has 244 valence electrons. The molecule has 2 aromatic heterocycles. The number of para-hydroxylation sites is 2. The first-order valence-electron chi connectivity index (χ1n) is 13.4. The van der Waals surface area contributed by atoms with Crippen LogP contribution in [0.3, 0.4) is 0 Å². The van der Waals surface area contributed by atoms with Crippen LogP contribution in [-0.4, -0.2) is 38.9 Å². The molecule has 0 aliphatic heterocycles. The van der Waals surface area contributed by atoms with Gasteiger partial charge in [0.15, 0.2) is 0 Å². The monoisotopic (exact) mass is 760 g/mol. The average molecular weight is 762 g/mol. The Bertz CT molecular complexity index is 2150. The van der Waals surface area contributed by atoms with E-state index in [4.69, 9.17) is 44.7 Å². The summed E-state index contributed by atoms with van der Waals surface area (Å²) in [6.45, 7) is 0. The fourth-order valence-corrected chi connectivity index (χ4v) is 5.30. The van der Waals surface area contributed by atoms with Crippen molar-refractivity contribution in [2.75, 3.05) is 0 Å². The molecule has 16 heteroatoms. The summed E-state index contributed by atoms with van der Waals surface area (Å²) in [5.41, 5.74) is 10.9. The van der Waals surface area contributed by atoms with E-state index < -0.39 is 47.7 Å². The van der Waals surface area contributed by atoms with Gasteiger partial charge in [0.25, 0.3) is 11.8 Å². The van der Waals surface area contributed by atoms with E-state index in [-0.39, 0.29) is 32.6 Å². The van der Waals surface area contributed by atoms with Crippen LogP contribution in [0.1, 0.15) is 21.0 Å². The van der Waals surface area contributed by atoms with Crippen LogP contribution in [0.25, 0.3) is 32.9 Å². The number of primary amides is 2. The Kier molecular flexibility index (Phi) is 11.7. The molecule has 2 heterocycles. The number of hydrogen-bond donors (Lipinski definition) is 4. The van der Waals surface area contributed by atoms with Crippen molar-refractivity contribution in [1.82, 2.24) is 9.97 Å². The molecule has 6 aromatic rings. The van der Waals surface area contributed by atoms with Gasteiger partial charge in [-0.3, -0.25) is 9.59 Å². The van der Waals surface area contributed by atoms with Gasteiger partial charge in [-0.2, -0.15) is 0 Å². The first-order valence-corrected chi connectivity index (χ1v) is 14.9. The van der Waals surface area contributed by atoms with E-state index in [0.717, 1.165) is 39.6 Å². The molecule has 0 aliphatic carbocycles. The molecule has 0 fully saturated rings. The van der Waals surface area contributed by atoms with E-state index >= 15 is 0 Å². The molecule has 8 nitrogen and oxygen atoms in total. The molecule has 6 rings (SSSR count). The van der Waals surface area contributed by atoms with Gasteiger partial charge in [0.2, 0.25) is 0 Å². The van der Waals surface area contributed by atoms with Gasteiger partial charge in [-0.25, -0.2) is 27.5 Å². The first-order chi connectivity index (χ1) is 22.7. The molecule has 48 heavy (non-hydrogen) atoms. The number of amides is 2. The van der Waals surface area contributed by atoms with Crippen LogP contribution in [0.2, 0.25) is 10.0 Å². The van der Waals surface area contributed by atoms with E-state index in [2.05, 4.69) is 25.9 Å². The third-order valence-electron chi connectivity index (χ3n) is 6.47. The summed E-state index contributed by atoms with van der Waals surface area (Å²) in [7, 11) is -2.16. The lowest BCUT2D eigenvalue weighted by Gasteiger charge is -2.11. The predicted molar refractivity (Wildman–Crippen MR) is 180 cm³/mol. The number of pyridine rings is 2. The highest BCUT2D eigenvalue weighted by Gasteiger charge is 2.22. The fraction of sp³-hybridized carbons (Fsp3) is 0. The molecule has 0 saturated carbocycles. The number of benzene rings is 4. The SMILES string of the molecule is NC(=O)c1cc(-c2c(F)cc(Cl)cc2F)c2ccccc2n1.NC(=O)c1cc(Br)c2ccccc2n1.OB(O)c1c(F)cc(Cl)cc1F. The van der Waals surface area contributed by atoms with Crippen LogP contribution >= 0.6 is 39.1 Å². The first kappa shape index (κ1) is 36.2. The number of rotatable bonds is 4. The van der Waals surface area contributed by atoms with Gasteiger partial charge in [0.1, 0.15) is 34.7 Å². The second-order valence-electron chi connectivity index (χ2n) is 9.71. The predicted octanol–water partition coefficient (Wildman–Crippen LogP) is 6.33. The lowest BCUT2D eigenvalue weighted by Crippen LogP contribution is -2.35. The third-order valence-corrected chi connectivity index (χ3v) is 7.56. The Morgan fingerprint density at radius 2 is 1.08 bits per heavy atom. The zero-order chi connectivity index (χ0) is 35.3. The molecule has 4 aromatic carbocycles. The zero-order valence-electron chi connectivity index (χ0n) is 24.1. The van der Waals surface area contributed by atoms with Crippen LogP contribution < -0.4 is 16.9 Å². The normalized spacial score (nSPS) is 10.5. The Morgan fingerprint density at radius 1 is 0.667 bits per heavy atom. The highest BCUT2D eigenvalue weighted by molar-refractivity contribution is 9.10. The lowest BCUT2D eigenvalue weighted by molar-refractivity contribution is 0.0987. The summed E-state index contributed by atoms with van der Waals surface area (Å²) in [6, 6.07) is 20.8. The summed E-state index contributed by atoms with van der Waals surface area (Å²) >= 11 is 14.3. The van der Waals surface area contributed by atoms with Crippen molar-refractivity contribution in [1.29, 1.82) is 0 Å². The average Bonchev–Trinajstić information content (AvgIpc) is 3.00. The molecule has 0 saturated heterocycles. The van der Waals surface area contributed by atoms with E-state index in [0.29, 0.717) is 10.9 Å². The van der Waals surface area contributed by atoms with Gasteiger partial charge in [-0.1, -0.05) is 75.5 Å². The highest BCUT2D eigenvalue weighted by Crippen LogP contribution is 2.34. The molecule has 0 spiro atoms. The Hall–Kier alpha value is -4.60. The minimum Gasteiger partial charge on any atom is -0.423 e. The van der Waals surface area contributed by atoms with E-state index in [1.807, 2.05) is 24.3 Å². The van der Waals surface area contributed by atoms with Gasteiger partial charge in [0, 0.05) is 25.3 Å². The molecular weight excluding hydrogens is 742 g/mol. The number of carbonyl (C=O) groups is 2. The highest BCUT2D eigenvalue weighted by atomic mass is 79.9. The maximum Gasteiger partial charge on any atom is 0.494 e. The maximum absolute atomic E-state index is 14.2. The van der Waals surface area contributed by atoms with Crippen molar-refractivity contribution in [3.8, 4) is 11.1 Å². The second kappa shape index (κ2) is 15.5. The van der Waals surface area contributed by atoms with Gasteiger partial charge >= 0.3 is 7.12 Å². The minimum absolute atomic E-state index is 0.0489. The van der Waals surface area contributed by atoms with E-state index in [1.54, 1.807) is 30.3 Å². The molecule has 0 bridgehead atoms. The third kappa shape index (κ3) is 8.46. The zero-order valence-corrected chi connectivity index (χ0v) is 27.2. The quantitative estimate of drug-likeness (QED) is 0.122. The number of carbonyl (C=O) groups excluding carboxylic acids is 2. The van der Waals surface area contributed by atoms with Gasteiger partial charge in [-0.05, 0) is 54.1 Å². The minimum atomic E-state index is -2.16. The Labute approximate surface area is 288 Å². The number of halogens is 7. The molecule has 0 atom stereocenters. The number of nitrogens with two attached hydrogens (primary N) is 2. The molecule has 0 aliphatic rings. The standard InChI is InChI=1S/C16H9ClF2N2O.C10H7BrN2O.C6H4BClF2O2/c17-8-5-11(18)15(12(19)6-8)10-7-14(16(20)22)21-13-4-2-1-3-9(10)13;11-7-5-9(10(12)14)13-8-4-2-1-3-6(7)8;8-3-1-4(9)6(7(11)12)5(10)2-3/h1-7H,(H2,20,22);1-5H,(H2,12,14);1-2,11-12H. The molecule has 6 N–H and O–H groups in total. The largest absolute Gasteiger partial charge is 0.494 e. The summed E-state index contributed by atoms with van der Waals surface area (Å²) in [5.74, 6) is -5.09. The lowest BCUT2D eigenvalue weighted by atomic mass is 9.79. The van der Waals surface area contributed by atoms with Crippen LogP contribution in [0.4, 0.5) is 17.6 Å². The Balaban J connectivity index is 0.000000173. The van der Waals surface area contributed by atoms with Crippen LogP contribution in [0, 0.1) is 23.3 Å². The smallest absolute Gasteiger partial charge is 0.423 e. The maximum atomic E-state index is 14.2. The van der Waals surface area contributed by atoms with E-state index in [9.17, 15) is 27.2 Å². The van der Waals surface area contributed by atoms with Gasteiger partial charge in [-0.15, -0.1) is 0 Å². The van der Waals surface area contributed by atoms with Crippen LogP contribution in [-0.2, 0) is 0 Å².